The third-order valence-electron chi connectivity index (χ3n) is 4.57. The Kier molecular flexibility index (Phi) is 6.21. The lowest BCUT2D eigenvalue weighted by atomic mass is 10.2. The van der Waals surface area contributed by atoms with Gasteiger partial charge in [0.1, 0.15) is 6.04 Å². The minimum absolute atomic E-state index is 0.0639. The van der Waals surface area contributed by atoms with E-state index < -0.39 is 16.1 Å². The van der Waals surface area contributed by atoms with Gasteiger partial charge in [0.05, 0.1) is 18.5 Å². The van der Waals surface area contributed by atoms with E-state index in [1.807, 2.05) is 43.3 Å². The van der Waals surface area contributed by atoms with E-state index >= 15 is 0 Å². The number of aryl methyl sites for hydroxylation is 1. The lowest BCUT2D eigenvalue weighted by Crippen LogP contribution is -2.48. The Morgan fingerprint density at radius 3 is 2.47 bits per heavy atom. The second-order valence-corrected chi connectivity index (χ2v) is 9.01. The molecule has 0 bridgehead atoms. The van der Waals surface area contributed by atoms with Gasteiger partial charge < -0.3 is 9.42 Å². The summed E-state index contributed by atoms with van der Waals surface area (Å²) in [7, 11) is -2.11. The number of aromatic nitrogens is 2. The molecule has 1 amide bonds. The van der Waals surface area contributed by atoms with Crippen molar-refractivity contribution in [3.8, 4) is 11.4 Å². The molecule has 1 heterocycles. The zero-order chi connectivity index (χ0) is 21.9. The van der Waals surface area contributed by atoms with Gasteiger partial charge in [0, 0.05) is 12.6 Å². The predicted octanol–water partition coefficient (Wildman–Crippen LogP) is 2.86. The van der Waals surface area contributed by atoms with Crippen LogP contribution in [0.5, 0.6) is 0 Å². The van der Waals surface area contributed by atoms with Crippen molar-refractivity contribution < 1.29 is 17.7 Å². The van der Waals surface area contributed by atoms with Crippen molar-refractivity contribution in [2.75, 3.05) is 17.6 Å². The summed E-state index contributed by atoms with van der Waals surface area (Å²) in [6.45, 7) is 3.49. The number of carbonyl (C=O) groups excluding carboxylic acids is 1. The number of carbonyl (C=O) groups is 1. The van der Waals surface area contributed by atoms with E-state index in [-0.39, 0.29) is 18.3 Å². The minimum atomic E-state index is -3.68. The van der Waals surface area contributed by atoms with E-state index in [1.54, 1.807) is 32.2 Å². The molecule has 0 saturated carbocycles. The van der Waals surface area contributed by atoms with Gasteiger partial charge in [-0.1, -0.05) is 47.6 Å². The fourth-order valence-electron chi connectivity index (χ4n) is 3.19. The first kappa shape index (κ1) is 21.5. The van der Waals surface area contributed by atoms with E-state index in [1.165, 1.54) is 4.90 Å². The van der Waals surface area contributed by atoms with Crippen molar-refractivity contribution in [1.82, 2.24) is 15.0 Å². The number of hydrogen-bond acceptors (Lipinski definition) is 6. The van der Waals surface area contributed by atoms with Crippen LogP contribution in [0.1, 0.15) is 18.4 Å². The summed E-state index contributed by atoms with van der Waals surface area (Å²) in [4.78, 5) is 18.7. The maximum absolute atomic E-state index is 13.0. The lowest BCUT2D eigenvalue weighted by molar-refractivity contribution is -0.131. The Morgan fingerprint density at radius 1 is 1.13 bits per heavy atom. The Morgan fingerprint density at radius 2 is 1.83 bits per heavy atom. The summed E-state index contributed by atoms with van der Waals surface area (Å²) < 4.78 is 31.3. The fraction of sp³-hybridized carbons (Fsp3) is 0.286. The summed E-state index contributed by atoms with van der Waals surface area (Å²) in [5, 5.41) is 3.94. The van der Waals surface area contributed by atoms with E-state index in [4.69, 9.17) is 4.52 Å². The van der Waals surface area contributed by atoms with Crippen molar-refractivity contribution in [1.29, 1.82) is 0 Å². The highest BCUT2D eigenvalue weighted by atomic mass is 32.2. The molecule has 0 saturated heterocycles. The second-order valence-electron chi connectivity index (χ2n) is 7.15. The molecule has 2 aromatic carbocycles. The SMILES string of the molecule is Cc1cccc(N(C(C)C(=O)N(C)Cc2nc(-c3ccccc3)no2)S(C)(=O)=O)c1. The fourth-order valence-corrected chi connectivity index (χ4v) is 4.35. The highest BCUT2D eigenvalue weighted by Crippen LogP contribution is 2.23. The van der Waals surface area contributed by atoms with Crippen LogP contribution in [0, 0.1) is 6.92 Å². The maximum atomic E-state index is 13.0. The standard InChI is InChI=1S/C21H24N4O4S/c1-15-9-8-12-18(13-15)25(30(4,27)28)16(2)21(26)24(3)14-19-22-20(23-29-19)17-10-6-5-7-11-17/h5-13,16H,14H2,1-4H3. The number of hydrogen-bond donors (Lipinski definition) is 0. The molecule has 1 atom stereocenters. The first-order valence-corrected chi connectivity index (χ1v) is 11.2. The molecule has 30 heavy (non-hydrogen) atoms. The van der Waals surface area contributed by atoms with Crippen LogP contribution in [0.2, 0.25) is 0 Å². The molecule has 3 rings (SSSR count). The summed E-state index contributed by atoms with van der Waals surface area (Å²) in [5.41, 5.74) is 2.14. The third-order valence-corrected chi connectivity index (χ3v) is 5.81. The average molecular weight is 429 g/mol. The molecular weight excluding hydrogens is 404 g/mol. The largest absolute Gasteiger partial charge is 0.337 e. The van der Waals surface area contributed by atoms with Crippen LogP contribution in [0.25, 0.3) is 11.4 Å². The molecule has 3 aromatic rings. The molecule has 9 heteroatoms. The smallest absolute Gasteiger partial charge is 0.246 e. The van der Waals surface area contributed by atoms with Crippen LogP contribution in [0.4, 0.5) is 5.69 Å². The molecule has 0 aliphatic rings. The van der Waals surface area contributed by atoms with Gasteiger partial charge in [0.15, 0.2) is 0 Å². The number of sulfonamides is 1. The summed E-state index contributed by atoms with van der Waals surface area (Å²) in [5.74, 6) is 0.303. The van der Waals surface area contributed by atoms with Gasteiger partial charge in [-0.25, -0.2) is 8.42 Å². The van der Waals surface area contributed by atoms with Crippen molar-refractivity contribution in [3.05, 3.63) is 66.1 Å². The quantitative estimate of drug-likeness (QED) is 0.574. The molecule has 8 nitrogen and oxygen atoms in total. The topological polar surface area (TPSA) is 96.6 Å². The second kappa shape index (κ2) is 8.66. The number of rotatable bonds is 7. The first-order chi connectivity index (χ1) is 14.2. The molecule has 1 unspecified atom stereocenters. The van der Waals surface area contributed by atoms with Crippen LogP contribution in [-0.4, -0.2) is 48.7 Å². The zero-order valence-corrected chi connectivity index (χ0v) is 18.1. The molecule has 0 fully saturated rings. The number of anilines is 1. The van der Waals surface area contributed by atoms with E-state index in [9.17, 15) is 13.2 Å². The zero-order valence-electron chi connectivity index (χ0n) is 17.3. The van der Waals surface area contributed by atoms with E-state index in [0.717, 1.165) is 21.7 Å². The number of benzene rings is 2. The number of likely N-dealkylation sites (N-methyl/N-ethyl adjacent to an activating group) is 1. The van der Waals surface area contributed by atoms with Crippen LogP contribution >= 0.6 is 0 Å². The molecule has 0 aliphatic heterocycles. The van der Waals surface area contributed by atoms with Gasteiger partial charge >= 0.3 is 0 Å². The van der Waals surface area contributed by atoms with E-state index in [0.29, 0.717) is 11.5 Å². The Labute approximate surface area is 176 Å². The van der Waals surface area contributed by atoms with Gasteiger partial charge in [-0.05, 0) is 31.5 Å². The molecule has 0 radical (unpaired) electrons. The summed E-state index contributed by atoms with van der Waals surface area (Å²) >= 11 is 0. The molecular formula is C21H24N4O4S. The summed E-state index contributed by atoms with van der Waals surface area (Å²) in [6.07, 6.45) is 1.09. The summed E-state index contributed by atoms with van der Waals surface area (Å²) in [6, 6.07) is 15.4. The minimum Gasteiger partial charge on any atom is -0.337 e. The molecule has 1 aromatic heterocycles. The van der Waals surface area contributed by atoms with Gasteiger partial charge in [-0.2, -0.15) is 4.98 Å². The van der Waals surface area contributed by atoms with Crippen LogP contribution in [0.15, 0.2) is 59.1 Å². The van der Waals surface area contributed by atoms with Crippen molar-refractivity contribution in [2.45, 2.75) is 26.4 Å². The monoisotopic (exact) mass is 428 g/mol. The molecule has 0 spiro atoms. The van der Waals surface area contributed by atoms with Gasteiger partial charge in [-0.3, -0.25) is 9.10 Å². The van der Waals surface area contributed by atoms with Gasteiger partial charge in [0.2, 0.25) is 27.6 Å². The predicted molar refractivity (Wildman–Crippen MR) is 114 cm³/mol. The highest BCUT2D eigenvalue weighted by Gasteiger charge is 2.31. The van der Waals surface area contributed by atoms with Crippen LogP contribution in [-0.2, 0) is 21.4 Å². The lowest BCUT2D eigenvalue weighted by Gasteiger charge is -2.30. The Hall–Kier alpha value is -3.20. The first-order valence-electron chi connectivity index (χ1n) is 9.36. The van der Waals surface area contributed by atoms with Gasteiger partial charge in [-0.15, -0.1) is 0 Å². The van der Waals surface area contributed by atoms with Crippen LogP contribution < -0.4 is 4.31 Å². The van der Waals surface area contributed by atoms with E-state index in [2.05, 4.69) is 10.1 Å². The van der Waals surface area contributed by atoms with Gasteiger partial charge in [0.25, 0.3) is 0 Å². The van der Waals surface area contributed by atoms with Crippen LogP contribution in [0.3, 0.4) is 0 Å². The Balaban J connectivity index is 1.78. The number of amides is 1. The molecule has 0 aliphatic carbocycles. The number of nitrogens with zero attached hydrogens (tertiary/aromatic N) is 4. The van der Waals surface area contributed by atoms with Crippen molar-refractivity contribution in [3.63, 3.8) is 0 Å². The maximum Gasteiger partial charge on any atom is 0.246 e. The average Bonchev–Trinajstić information content (AvgIpc) is 3.15. The molecule has 158 valence electrons. The van der Waals surface area contributed by atoms with Crippen molar-refractivity contribution in [2.24, 2.45) is 0 Å². The normalized spacial score (nSPS) is 12.4. The third kappa shape index (κ3) is 4.85. The highest BCUT2D eigenvalue weighted by molar-refractivity contribution is 7.92. The van der Waals surface area contributed by atoms with Crippen molar-refractivity contribution >= 4 is 21.6 Å². The molecule has 0 N–H and O–H groups in total. The Bertz CT molecular complexity index is 1130.